The van der Waals surface area contributed by atoms with E-state index in [0.29, 0.717) is 16.8 Å². The topological polar surface area (TPSA) is 106 Å². The zero-order chi connectivity index (χ0) is 17.9. The van der Waals surface area contributed by atoms with Gasteiger partial charge in [-0.15, -0.1) is 0 Å². The summed E-state index contributed by atoms with van der Waals surface area (Å²) in [4.78, 5) is 23.4. The highest BCUT2D eigenvalue weighted by Crippen LogP contribution is 2.17. The van der Waals surface area contributed by atoms with Gasteiger partial charge in [-0.25, -0.2) is 8.42 Å². The number of anilines is 1. The second kappa shape index (κ2) is 6.84. The van der Waals surface area contributed by atoms with Crippen LogP contribution < -0.4 is 11.1 Å². The Morgan fingerprint density at radius 3 is 1.88 bits per heavy atom. The molecule has 0 saturated carbocycles. The molecule has 3 N–H and O–H groups in total. The predicted octanol–water partition coefficient (Wildman–Crippen LogP) is 2.22. The highest BCUT2D eigenvalue weighted by atomic mass is 32.2. The van der Waals surface area contributed by atoms with Crippen molar-refractivity contribution < 1.29 is 18.0 Å². The molecule has 6 nitrogen and oxygen atoms in total. The molecule has 0 bridgehead atoms. The number of sulfone groups is 1. The average Bonchev–Trinajstić information content (AvgIpc) is 2.55. The molecule has 0 atom stereocenters. The standard InChI is InChI=1S/C17H18N2O4S/c1-11(2)24(22,23)15-9-5-13(6-10-15)17(21)19-14-7-3-12(4-8-14)16(18)20/h3-11H,1-2H3,(H2,18,20)(H,19,21). The van der Waals surface area contributed by atoms with Gasteiger partial charge in [0.05, 0.1) is 10.1 Å². The lowest BCUT2D eigenvalue weighted by atomic mass is 10.2. The van der Waals surface area contributed by atoms with Crippen molar-refractivity contribution in [2.24, 2.45) is 5.73 Å². The van der Waals surface area contributed by atoms with Gasteiger partial charge in [-0.05, 0) is 62.4 Å². The molecule has 0 radical (unpaired) electrons. The van der Waals surface area contributed by atoms with E-state index in [1.807, 2.05) is 0 Å². The highest BCUT2D eigenvalue weighted by Gasteiger charge is 2.19. The maximum Gasteiger partial charge on any atom is 0.255 e. The summed E-state index contributed by atoms with van der Waals surface area (Å²) in [5.41, 5.74) is 6.33. The smallest absolute Gasteiger partial charge is 0.255 e. The molecule has 0 fully saturated rings. The van der Waals surface area contributed by atoms with Gasteiger partial charge in [-0.2, -0.15) is 0 Å². The third-order valence-electron chi connectivity index (χ3n) is 3.49. The van der Waals surface area contributed by atoms with E-state index < -0.39 is 21.0 Å². The van der Waals surface area contributed by atoms with Crippen LogP contribution in [-0.2, 0) is 9.84 Å². The molecule has 2 rings (SSSR count). The van der Waals surface area contributed by atoms with Crippen LogP contribution in [0.15, 0.2) is 53.4 Å². The number of primary amides is 1. The summed E-state index contributed by atoms with van der Waals surface area (Å²) in [6, 6.07) is 11.9. The normalized spacial score (nSPS) is 11.3. The fourth-order valence-electron chi connectivity index (χ4n) is 1.99. The van der Waals surface area contributed by atoms with E-state index in [1.165, 1.54) is 36.4 Å². The molecule has 2 aromatic rings. The summed E-state index contributed by atoms with van der Waals surface area (Å²) in [7, 11) is -3.37. The zero-order valence-electron chi connectivity index (χ0n) is 13.3. The van der Waals surface area contributed by atoms with Crippen molar-refractivity contribution in [2.75, 3.05) is 5.32 Å². The Hall–Kier alpha value is -2.67. The largest absolute Gasteiger partial charge is 0.366 e. The third kappa shape index (κ3) is 3.80. The molecule has 2 aromatic carbocycles. The molecule has 0 spiro atoms. The van der Waals surface area contributed by atoms with Gasteiger partial charge in [0, 0.05) is 16.8 Å². The first-order valence-corrected chi connectivity index (χ1v) is 8.81. The molecule has 0 unspecified atom stereocenters. The van der Waals surface area contributed by atoms with E-state index in [0.717, 1.165) is 0 Å². The summed E-state index contributed by atoms with van der Waals surface area (Å²) in [6.45, 7) is 3.21. The highest BCUT2D eigenvalue weighted by molar-refractivity contribution is 7.92. The van der Waals surface area contributed by atoms with Gasteiger partial charge in [0.15, 0.2) is 9.84 Å². The van der Waals surface area contributed by atoms with Crippen LogP contribution in [0.3, 0.4) is 0 Å². The SMILES string of the molecule is CC(C)S(=O)(=O)c1ccc(C(=O)Nc2ccc(C(N)=O)cc2)cc1. The fourth-order valence-corrected chi connectivity index (χ4v) is 3.05. The molecule has 24 heavy (non-hydrogen) atoms. The third-order valence-corrected chi connectivity index (χ3v) is 5.66. The lowest BCUT2D eigenvalue weighted by Crippen LogP contribution is -2.15. The Morgan fingerprint density at radius 2 is 1.42 bits per heavy atom. The summed E-state index contributed by atoms with van der Waals surface area (Å²) in [6.07, 6.45) is 0. The summed E-state index contributed by atoms with van der Waals surface area (Å²) < 4.78 is 24.1. The molecule has 0 heterocycles. The minimum atomic E-state index is -3.37. The van der Waals surface area contributed by atoms with E-state index in [9.17, 15) is 18.0 Å². The van der Waals surface area contributed by atoms with Crippen LogP contribution >= 0.6 is 0 Å². The number of rotatable bonds is 5. The van der Waals surface area contributed by atoms with Crippen LogP contribution in [0.25, 0.3) is 0 Å². The van der Waals surface area contributed by atoms with E-state index in [1.54, 1.807) is 26.0 Å². The van der Waals surface area contributed by atoms with Gasteiger partial charge in [0.2, 0.25) is 5.91 Å². The Labute approximate surface area is 140 Å². The van der Waals surface area contributed by atoms with Crippen molar-refractivity contribution in [3.8, 4) is 0 Å². The Morgan fingerprint density at radius 1 is 0.917 bits per heavy atom. The maximum atomic E-state index is 12.2. The van der Waals surface area contributed by atoms with Crippen molar-refractivity contribution in [3.05, 3.63) is 59.7 Å². The first kappa shape index (κ1) is 17.7. The van der Waals surface area contributed by atoms with Crippen molar-refractivity contribution in [2.45, 2.75) is 24.0 Å². The van der Waals surface area contributed by atoms with Gasteiger partial charge < -0.3 is 11.1 Å². The van der Waals surface area contributed by atoms with E-state index >= 15 is 0 Å². The number of nitrogens with one attached hydrogen (secondary N) is 1. The van der Waals surface area contributed by atoms with Crippen molar-refractivity contribution in [1.82, 2.24) is 0 Å². The zero-order valence-corrected chi connectivity index (χ0v) is 14.1. The molecule has 0 aromatic heterocycles. The number of amides is 2. The van der Waals surface area contributed by atoms with Gasteiger partial charge in [-0.1, -0.05) is 0 Å². The number of nitrogens with two attached hydrogens (primary N) is 1. The molecular weight excluding hydrogens is 328 g/mol. The van der Waals surface area contributed by atoms with Crippen LogP contribution in [0, 0.1) is 0 Å². The van der Waals surface area contributed by atoms with Crippen molar-refractivity contribution in [1.29, 1.82) is 0 Å². The quantitative estimate of drug-likeness (QED) is 0.865. The van der Waals surface area contributed by atoms with Crippen LogP contribution in [0.2, 0.25) is 0 Å². The molecular formula is C17H18N2O4S. The number of carbonyl (C=O) groups excluding carboxylic acids is 2. The van der Waals surface area contributed by atoms with Crippen LogP contribution in [-0.4, -0.2) is 25.5 Å². The van der Waals surface area contributed by atoms with Crippen LogP contribution in [0.1, 0.15) is 34.6 Å². The summed E-state index contributed by atoms with van der Waals surface area (Å²) in [5, 5.41) is 2.14. The lowest BCUT2D eigenvalue weighted by Gasteiger charge is -2.09. The van der Waals surface area contributed by atoms with E-state index in [2.05, 4.69) is 5.32 Å². The van der Waals surface area contributed by atoms with E-state index in [-0.39, 0.29) is 10.8 Å². The summed E-state index contributed by atoms with van der Waals surface area (Å²) in [5.74, 6) is -0.926. The maximum absolute atomic E-state index is 12.2. The van der Waals surface area contributed by atoms with Gasteiger partial charge in [0.1, 0.15) is 0 Å². The van der Waals surface area contributed by atoms with Gasteiger partial charge in [-0.3, -0.25) is 9.59 Å². The molecule has 0 aliphatic rings. The van der Waals surface area contributed by atoms with Gasteiger partial charge in [0.25, 0.3) is 5.91 Å². The van der Waals surface area contributed by atoms with Crippen LogP contribution in [0.4, 0.5) is 5.69 Å². The predicted molar refractivity (Wildman–Crippen MR) is 91.7 cm³/mol. The Kier molecular flexibility index (Phi) is 5.04. The first-order chi connectivity index (χ1) is 11.2. The monoisotopic (exact) mass is 346 g/mol. The van der Waals surface area contributed by atoms with Crippen LogP contribution in [0.5, 0.6) is 0 Å². The number of carbonyl (C=O) groups is 2. The number of hydrogen-bond acceptors (Lipinski definition) is 4. The van der Waals surface area contributed by atoms with E-state index in [4.69, 9.17) is 5.73 Å². The average molecular weight is 346 g/mol. The number of hydrogen-bond donors (Lipinski definition) is 2. The second-order valence-corrected chi connectivity index (χ2v) is 8.02. The molecule has 0 aliphatic heterocycles. The second-order valence-electron chi connectivity index (χ2n) is 5.51. The minimum Gasteiger partial charge on any atom is -0.366 e. The first-order valence-electron chi connectivity index (χ1n) is 7.27. The van der Waals surface area contributed by atoms with Crippen molar-refractivity contribution in [3.63, 3.8) is 0 Å². The molecule has 126 valence electrons. The lowest BCUT2D eigenvalue weighted by molar-refractivity contribution is 0.0998. The fraction of sp³-hybridized carbons (Fsp3) is 0.176. The number of benzene rings is 2. The molecule has 0 aliphatic carbocycles. The van der Waals surface area contributed by atoms with Crippen molar-refractivity contribution >= 4 is 27.3 Å². The van der Waals surface area contributed by atoms with Gasteiger partial charge >= 0.3 is 0 Å². The Bertz CT molecular complexity index is 854. The molecule has 7 heteroatoms. The molecule has 2 amide bonds. The minimum absolute atomic E-state index is 0.180. The summed E-state index contributed by atoms with van der Waals surface area (Å²) >= 11 is 0. The molecule has 0 saturated heterocycles. The Balaban J connectivity index is 2.14.